The van der Waals surface area contributed by atoms with Gasteiger partial charge in [-0.3, -0.25) is 9.89 Å². The topological polar surface area (TPSA) is 88.2 Å². The van der Waals surface area contributed by atoms with Crippen molar-refractivity contribution < 1.29 is 14.6 Å². The molecule has 0 radical (unpaired) electrons. The molecule has 0 unspecified atom stereocenters. The Labute approximate surface area is 184 Å². The summed E-state index contributed by atoms with van der Waals surface area (Å²) in [6, 6.07) is 15.7. The zero-order valence-electron chi connectivity index (χ0n) is 18.7. The van der Waals surface area contributed by atoms with Crippen LogP contribution in [0.4, 0.5) is 4.79 Å². The molecule has 1 amide bonds. The molecule has 31 heavy (non-hydrogen) atoms. The first-order chi connectivity index (χ1) is 14.7. The third-order valence-corrected chi connectivity index (χ3v) is 5.03. The van der Waals surface area contributed by atoms with Gasteiger partial charge in [0.1, 0.15) is 5.60 Å². The molecule has 0 bridgehead atoms. The molecule has 0 saturated heterocycles. The van der Waals surface area contributed by atoms with E-state index in [4.69, 9.17) is 15.5 Å². The van der Waals surface area contributed by atoms with Gasteiger partial charge in [0.25, 0.3) is 0 Å². The highest BCUT2D eigenvalue weighted by molar-refractivity contribution is 6.14. The zero-order valence-corrected chi connectivity index (χ0v) is 18.7. The summed E-state index contributed by atoms with van der Waals surface area (Å²) in [5, 5.41) is 9.41. The van der Waals surface area contributed by atoms with Crippen LogP contribution in [-0.2, 0) is 17.9 Å². The maximum absolute atomic E-state index is 12.6. The van der Waals surface area contributed by atoms with Crippen molar-refractivity contribution in [1.82, 2.24) is 4.90 Å². The molecule has 0 spiro atoms. The lowest BCUT2D eigenvalue weighted by Gasteiger charge is -2.24. The number of amides is 1. The van der Waals surface area contributed by atoms with Gasteiger partial charge in [-0.1, -0.05) is 48.5 Å². The van der Waals surface area contributed by atoms with Crippen molar-refractivity contribution in [3.63, 3.8) is 0 Å². The van der Waals surface area contributed by atoms with Gasteiger partial charge in [-0.05, 0) is 44.4 Å². The Morgan fingerprint density at radius 3 is 2.52 bits per heavy atom. The first-order valence-electron chi connectivity index (χ1n) is 10.4. The average Bonchev–Trinajstić information content (AvgIpc) is 3.10. The van der Waals surface area contributed by atoms with E-state index >= 15 is 0 Å². The minimum absolute atomic E-state index is 0.00878. The predicted molar refractivity (Wildman–Crippen MR) is 123 cm³/mol. The summed E-state index contributed by atoms with van der Waals surface area (Å²) in [7, 11) is 0. The van der Waals surface area contributed by atoms with E-state index < -0.39 is 5.60 Å². The number of rotatable bonds is 5. The minimum Gasteiger partial charge on any atom is -0.444 e. The lowest BCUT2D eigenvalue weighted by atomic mass is 9.97. The van der Waals surface area contributed by atoms with Crippen LogP contribution in [-0.4, -0.2) is 40.5 Å². The maximum Gasteiger partial charge on any atom is 0.410 e. The van der Waals surface area contributed by atoms with Crippen molar-refractivity contribution in [3.05, 3.63) is 82.1 Å². The van der Waals surface area contributed by atoms with Crippen molar-refractivity contribution in [3.8, 4) is 0 Å². The monoisotopic (exact) mass is 421 g/mol. The number of aliphatic hydroxyl groups excluding tert-OH is 1. The molecular weight excluding hydrogens is 390 g/mol. The van der Waals surface area contributed by atoms with Crippen LogP contribution in [0, 0.1) is 6.92 Å². The fourth-order valence-corrected chi connectivity index (χ4v) is 3.51. The fraction of sp³-hybridized carbons (Fsp3) is 0.360. The second kappa shape index (κ2) is 9.35. The number of nitrogens with two attached hydrogens (primary N) is 1. The molecule has 1 aliphatic rings. The van der Waals surface area contributed by atoms with Gasteiger partial charge < -0.3 is 15.6 Å². The van der Waals surface area contributed by atoms with E-state index in [9.17, 15) is 9.90 Å². The zero-order chi connectivity index (χ0) is 22.6. The molecule has 3 N–H and O–H groups in total. The number of hydrogen-bond donors (Lipinski definition) is 2. The van der Waals surface area contributed by atoms with Crippen LogP contribution in [0.15, 0.2) is 64.8 Å². The summed E-state index contributed by atoms with van der Waals surface area (Å²) in [5.74, 6) is 0. The van der Waals surface area contributed by atoms with Gasteiger partial charge in [-0.15, -0.1) is 0 Å². The summed E-state index contributed by atoms with van der Waals surface area (Å²) in [6.07, 6.45) is -0.384. The normalized spacial score (nSPS) is 14.9. The predicted octanol–water partition coefficient (Wildman–Crippen LogP) is 3.94. The molecule has 0 aromatic heterocycles. The van der Waals surface area contributed by atoms with Crippen LogP contribution in [0.5, 0.6) is 0 Å². The van der Waals surface area contributed by atoms with E-state index in [0.717, 1.165) is 33.5 Å². The van der Waals surface area contributed by atoms with Crippen molar-refractivity contribution in [2.75, 3.05) is 13.1 Å². The molecule has 0 atom stereocenters. The van der Waals surface area contributed by atoms with Gasteiger partial charge in [0.15, 0.2) is 0 Å². The standard InChI is InChI=1S/C25H31N3O3/c1-17-8-5-6-11-20(17)23(27-13-18-9-7-10-19(12-18)16-29)21-14-28(15-22(21)26)24(30)31-25(2,3)4/h5-12,29H,13-16,26H2,1-4H3. The van der Waals surface area contributed by atoms with E-state index in [1.807, 2.05) is 76.2 Å². The lowest BCUT2D eigenvalue weighted by molar-refractivity contribution is 0.0300. The molecule has 3 rings (SSSR count). The maximum atomic E-state index is 12.6. The summed E-state index contributed by atoms with van der Waals surface area (Å²) in [5.41, 5.74) is 12.0. The van der Waals surface area contributed by atoms with Gasteiger partial charge in [-0.2, -0.15) is 0 Å². The first kappa shape index (κ1) is 22.6. The summed E-state index contributed by atoms with van der Waals surface area (Å²) in [4.78, 5) is 19.1. The molecule has 0 fully saturated rings. The van der Waals surface area contributed by atoms with Gasteiger partial charge in [0, 0.05) is 16.8 Å². The summed E-state index contributed by atoms with van der Waals surface area (Å²) in [6.45, 7) is 8.68. The van der Waals surface area contributed by atoms with E-state index in [1.54, 1.807) is 4.90 Å². The van der Waals surface area contributed by atoms with Crippen LogP contribution in [0.2, 0.25) is 0 Å². The minimum atomic E-state index is -0.570. The van der Waals surface area contributed by atoms with Gasteiger partial charge in [0.05, 0.1) is 32.0 Å². The number of aliphatic imine (C=N–C) groups is 1. The Bertz CT molecular complexity index is 1020. The van der Waals surface area contributed by atoms with Crippen LogP contribution in [0.3, 0.4) is 0 Å². The van der Waals surface area contributed by atoms with Gasteiger partial charge in [-0.25, -0.2) is 4.79 Å². The summed E-state index contributed by atoms with van der Waals surface area (Å²) >= 11 is 0. The molecule has 0 saturated carbocycles. The second-order valence-electron chi connectivity index (χ2n) is 8.80. The summed E-state index contributed by atoms with van der Waals surface area (Å²) < 4.78 is 5.52. The van der Waals surface area contributed by atoms with Gasteiger partial charge >= 0.3 is 6.09 Å². The number of aliphatic hydroxyl groups is 1. The SMILES string of the molecule is Cc1ccccc1C(=NCc1cccc(CO)c1)C1=C(N)CN(C(=O)OC(C)(C)C)C1. The van der Waals surface area contributed by atoms with E-state index in [1.165, 1.54) is 0 Å². The number of aryl methyl sites for hydroxylation is 1. The van der Waals surface area contributed by atoms with Crippen molar-refractivity contribution in [2.45, 2.75) is 46.4 Å². The van der Waals surface area contributed by atoms with Crippen LogP contribution < -0.4 is 5.73 Å². The van der Waals surface area contributed by atoms with Crippen molar-refractivity contribution in [2.24, 2.45) is 10.7 Å². The first-order valence-corrected chi connectivity index (χ1v) is 10.4. The Hall–Kier alpha value is -3.12. The Balaban J connectivity index is 1.92. The van der Waals surface area contributed by atoms with E-state index in [-0.39, 0.29) is 12.7 Å². The Morgan fingerprint density at radius 1 is 1.13 bits per heavy atom. The highest BCUT2D eigenvalue weighted by Crippen LogP contribution is 2.24. The van der Waals surface area contributed by atoms with Gasteiger partial charge in [0.2, 0.25) is 0 Å². The number of carbonyl (C=O) groups is 1. The second-order valence-corrected chi connectivity index (χ2v) is 8.80. The molecule has 6 nitrogen and oxygen atoms in total. The van der Waals surface area contributed by atoms with Crippen LogP contribution >= 0.6 is 0 Å². The number of benzene rings is 2. The molecule has 0 aliphatic carbocycles. The third kappa shape index (κ3) is 5.73. The van der Waals surface area contributed by atoms with Crippen molar-refractivity contribution >= 4 is 11.8 Å². The number of carbonyl (C=O) groups excluding carboxylic acids is 1. The molecule has 1 heterocycles. The number of ether oxygens (including phenoxy) is 1. The number of hydrogen-bond acceptors (Lipinski definition) is 5. The molecule has 2 aromatic rings. The molecule has 2 aromatic carbocycles. The van der Waals surface area contributed by atoms with Crippen LogP contribution in [0.1, 0.15) is 43.0 Å². The van der Waals surface area contributed by atoms with E-state index in [0.29, 0.717) is 25.3 Å². The third-order valence-electron chi connectivity index (χ3n) is 5.03. The largest absolute Gasteiger partial charge is 0.444 e. The molecule has 6 heteroatoms. The highest BCUT2D eigenvalue weighted by Gasteiger charge is 2.31. The molecular formula is C25H31N3O3. The number of nitrogens with zero attached hydrogens (tertiary/aromatic N) is 2. The Morgan fingerprint density at radius 2 is 1.84 bits per heavy atom. The van der Waals surface area contributed by atoms with E-state index in [2.05, 4.69) is 0 Å². The van der Waals surface area contributed by atoms with Crippen LogP contribution in [0.25, 0.3) is 0 Å². The molecule has 1 aliphatic heterocycles. The molecule has 164 valence electrons. The average molecular weight is 422 g/mol. The fourth-order valence-electron chi connectivity index (χ4n) is 3.51. The smallest absolute Gasteiger partial charge is 0.410 e. The lowest BCUT2D eigenvalue weighted by Crippen LogP contribution is -2.36. The Kier molecular flexibility index (Phi) is 6.81. The highest BCUT2D eigenvalue weighted by atomic mass is 16.6. The quantitative estimate of drug-likeness (QED) is 0.716. The van der Waals surface area contributed by atoms with Crippen molar-refractivity contribution in [1.29, 1.82) is 0 Å².